The summed E-state index contributed by atoms with van der Waals surface area (Å²) in [5.41, 5.74) is 3.15. The van der Waals surface area contributed by atoms with Gasteiger partial charge in [-0.25, -0.2) is 0 Å². The average Bonchev–Trinajstić information content (AvgIpc) is 3.03. The maximum atomic E-state index is 12.2. The van der Waals surface area contributed by atoms with E-state index in [0.29, 0.717) is 23.6 Å². The van der Waals surface area contributed by atoms with Gasteiger partial charge in [-0.1, -0.05) is 42.0 Å². The van der Waals surface area contributed by atoms with Crippen LogP contribution >= 0.6 is 0 Å². The number of fused-ring (bicyclic) bond motifs is 1. The number of carbonyl (C=O) groups excluding carboxylic acids is 1. The van der Waals surface area contributed by atoms with E-state index in [9.17, 15) is 4.79 Å². The normalized spacial score (nSPS) is 10.8. The van der Waals surface area contributed by atoms with E-state index in [4.69, 9.17) is 9.15 Å². The Balaban J connectivity index is 1.57. The highest BCUT2D eigenvalue weighted by atomic mass is 16.5. The van der Waals surface area contributed by atoms with Crippen molar-refractivity contribution in [3.8, 4) is 5.75 Å². The third-order valence-electron chi connectivity index (χ3n) is 3.96. The van der Waals surface area contributed by atoms with Gasteiger partial charge < -0.3 is 14.5 Å². The van der Waals surface area contributed by atoms with Gasteiger partial charge in [-0.2, -0.15) is 0 Å². The van der Waals surface area contributed by atoms with Crippen LogP contribution in [-0.4, -0.2) is 19.6 Å². The molecule has 0 saturated carbocycles. The molecule has 0 atom stereocenters. The Morgan fingerprint density at radius 3 is 2.79 bits per heavy atom. The highest BCUT2D eigenvalue weighted by Crippen LogP contribution is 2.28. The number of hydrogen-bond acceptors (Lipinski definition) is 3. The molecule has 0 saturated heterocycles. The Labute approximate surface area is 141 Å². The second-order valence-electron chi connectivity index (χ2n) is 5.84. The summed E-state index contributed by atoms with van der Waals surface area (Å²) in [6, 6.07) is 15.8. The molecule has 24 heavy (non-hydrogen) atoms. The molecular weight excluding hydrogens is 302 g/mol. The molecule has 0 aliphatic rings. The quantitative estimate of drug-likeness (QED) is 0.695. The molecule has 2 aromatic carbocycles. The van der Waals surface area contributed by atoms with Gasteiger partial charge in [0.2, 0.25) is 0 Å². The van der Waals surface area contributed by atoms with E-state index in [0.717, 1.165) is 18.2 Å². The minimum Gasteiger partial charge on any atom is -0.493 e. The maximum Gasteiger partial charge on any atom is 0.287 e. The van der Waals surface area contributed by atoms with Crippen molar-refractivity contribution in [1.82, 2.24) is 5.32 Å². The number of carbonyl (C=O) groups is 1. The molecule has 0 fully saturated rings. The van der Waals surface area contributed by atoms with Gasteiger partial charge >= 0.3 is 0 Å². The van der Waals surface area contributed by atoms with Crippen LogP contribution in [0.2, 0.25) is 0 Å². The first-order valence-electron chi connectivity index (χ1n) is 8.07. The van der Waals surface area contributed by atoms with Crippen LogP contribution in [0.15, 0.2) is 52.9 Å². The lowest BCUT2D eigenvalue weighted by Gasteiger charge is -2.04. The number of methoxy groups -OCH3 is 1. The Bertz CT molecular complexity index is 851. The molecule has 3 rings (SSSR count). The smallest absolute Gasteiger partial charge is 0.287 e. The van der Waals surface area contributed by atoms with Crippen LogP contribution in [0.4, 0.5) is 0 Å². The summed E-state index contributed by atoms with van der Waals surface area (Å²) < 4.78 is 10.9. The standard InChI is InChI=1S/C20H21NO3/c1-14-6-3-7-15(12-14)8-5-11-21-20(22)18-13-16-9-4-10-17(23-2)19(16)24-18/h3-4,6-7,9-10,12-13H,5,8,11H2,1-2H3,(H,21,22). The highest BCUT2D eigenvalue weighted by molar-refractivity contribution is 5.97. The van der Waals surface area contributed by atoms with Crippen LogP contribution in [0.3, 0.4) is 0 Å². The summed E-state index contributed by atoms with van der Waals surface area (Å²) in [5, 5.41) is 3.77. The molecule has 1 amide bonds. The van der Waals surface area contributed by atoms with Gasteiger partial charge in [0.25, 0.3) is 5.91 Å². The van der Waals surface area contributed by atoms with Gasteiger partial charge in [0.15, 0.2) is 17.1 Å². The molecule has 1 N–H and O–H groups in total. The van der Waals surface area contributed by atoms with E-state index < -0.39 is 0 Å². The predicted molar refractivity (Wildman–Crippen MR) is 94.6 cm³/mol. The lowest BCUT2D eigenvalue weighted by molar-refractivity contribution is 0.0927. The number of ether oxygens (including phenoxy) is 1. The molecule has 0 aliphatic heterocycles. The second-order valence-corrected chi connectivity index (χ2v) is 5.84. The van der Waals surface area contributed by atoms with Gasteiger partial charge in [0, 0.05) is 11.9 Å². The number of amides is 1. The fraction of sp³-hybridized carbons (Fsp3) is 0.250. The lowest BCUT2D eigenvalue weighted by atomic mass is 10.1. The number of aryl methyl sites for hydroxylation is 2. The Kier molecular flexibility index (Phi) is 4.85. The third-order valence-corrected chi connectivity index (χ3v) is 3.96. The van der Waals surface area contributed by atoms with E-state index >= 15 is 0 Å². The van der Waals surface area contributed by atoms with Crippen LogP contribution in [0.1, 0.15) is 28.1 Å². The van der Waals surface area contributed by atoms with Crippen molar-refractivity contribution in [2.45, 2.75) is 19.8 Å². The van der Waals surface area contributed by atoms with Crippen LogP contribution in [0.5, 0.6) is 5.75 Å². The first-order chi connectivity index (χ1) is 11.7. The summed E-state index contributed by atoms with van der Waals surface area (Å²) >= 11 is 0. The van der Waals surface area contributed by atoms with Crippen molar-refractivity contribution < 1.29 is 13.9 Å². The number of furan rings is 1. The zero-order valence-electron chi connectivity index (χ0n) is 14.0. The summed E-state index contributed by atoms with van der Waals surface area (Å²) in [6.45, 7) is 2.70. The van der Waals surface area contributed by atoms with Gasteiger partial charge in [-0.3, -0.25) is 4.79 Å². The molecule has 3 aromatic rings. The molecule has 124 valence electrons. The van der Waals surface area contributed by atoms with Crippen molar-refractivity contribution in [3.05, 3.63) is 65.4 Å². The molecule has 1 aromatic heterocycles. The summed E-state index contributed by atoms with van der Waals surface area (Å²) in [5.74, 6) is 0.744. The van der Waals surface area contributed by atoms with E-state index in [2.05, 4.69) is 36.5 Å². The minimum atomic E-state index is -0.197. The van der Waals surface area contributed by atoms with Crippen molar-refractivity contribution in [2.24, 2.45) is 0 Å². The van der Waals surface area contributed by atoms with Gasteiger partial charge in [0.1, 0.15) is 0 Å². The van der Waals surface area contributed by atoms with E-state index in [-0.39, 0.29) is 5.91 Å². The van der Waals surface area contributed by atoms with Crippen LogP contribution in [-0.2, 0) is 6.42 Å². The molecule has 0 bridgehead atoms. The average molecular weight is 323 g/mol. The molecule has 0 radical (unpaired) electrons. The topological polar surface area (TPSA) is 51.5 Å². The zero-order valence-corrected chi connectivity index (χ0v) is 14.0. The number of benzene rings is 2. The molecular formula is C20H21NO3. The van der Waals surface area contributed by atoms with Crippen molar-refractivity contribution in [3.63, 3.8) is 0 Å². The van der Waals surface area contributed by atoms with Crippen LogP contribution in [0, 0.1) is 6.92 Å². The fourth-order valence-electron chi connectivity index (χ4n) is 2.76. The Hall–Kier alpha value is -2.75. The Morgan fingerprint density at radius 1 is 1.17 bits per heavy atom. The lowest BCUT2D eigenvalue weighted by Crippen LogP contribution is -2.24. The predicted octanol–water partition coefficient (Wildman–Crippen LogP) is 4.11. The van der Waals surface area contributed by atoms with E-state index in [1.807, 2.05) is 18.2 Å². The molecule has 0 spiro atoms. The molecule has 0 unspecified atom stereocenters. The zero-order chi connectivity index (χ0) is 16.9. The largest absolute Gasteiger partial charge is 0.493 e. The van der Waals surface area contributed by atoms with Crippen molar-refractivity contribution in [1.29, 1.82) is 0 Å². The van der Waals surface area contributed by atoms with Crippen LogP contribution in [0.25, 0.3) is 11.0 Å². The molecule has 4 nitrogen and oxygen atoms in total. The van der Waals surface area contributed by atoms with Gasteiger partial charge in [0.05, 0.1) is 7.11 Å². The SMILES string of the molecule is COc1cccc2cc(C(=O)NCCCc3cccc(C)c3)oc12. The third kappa shape index (κ3) is 3.59. The number of para-hydroxylation sites is 1. The maximum absolute atomic E-state index is 12.2. The second kappa shape index (κ2) is 7.21. The molecule has 1 heterocycles. The van der Waals surface area contributed by atoms with E-state index in [1.165, 1.54) is 11.1 Å². The number of hydrogen-bond donors (Lipinski definition) is 1. The first-order valence-corrected chi connectivity index (χ1v) is 8.07. The van der Waals surface area contributed by atoms with Crippen molar-refractivity contribution >= 4 is 16.9 Å². The Morgan fingerprint density at radius 2 is 2.00 bits per heavy atom. The summed E-state index contributed by atoms with van der Waals surface area (Å²) in [4.78, 5) is 12.2. The van der Waals surface area contributed by atoms with Crippen molar-refractivity contribution in [2.75, 3.05) is 13.7 Å². The number of nitrogens with one attached hydrogen (secondary N) is 1. The van der Waals surface area contributed by atoms with Crippen LogP contribution < -0.4 is 10.1 Å². The van der Waals surface area contributed by atoms with Gasteiger partial charge in [-0.15, -0.1) is 0 Å². The summed E-state index contributed by atoms with van der Waals surface area (Å²) in [6.07, 6.45) is 1.83. The minimum absolute atomic E-state index is 0.197. The van der Waals surface area contributed by atoms with Gasteiger partial charge in [-0.05, 0) is 37.5 Å². The first kappa shape index (κ1) is 16.1. The fourth-order valence-corrected chi connectivity index (χ4v) is 2.76. The molecule has 0 aliphatic carbocycles. The summed E-state index contributed by atoms with van der Waals surface area (Å²) in [7, 11) is 1.59. The monoisotopic (exact) mass is 323 g/mol. The van der Waals surface area contributed by atoms with E-state index in [1.54, 1.807) is 13.2 Å². The molecule has 4 heteroatoms. The highest BCUT2D eigenvalue weighted by Gasteiger charge is 2.14. The number of rotatable bonds is 6.